The SMILES string of the molecule is CCN(CC)C(=O)C1(Cc2ccccc2-c2cccs2)CCN(C(=O)c2ccncc2)C1. The molecule has 0 radical (unpaired) electrons. The van der Waals surface area contributed by atoms with Crippen LogP contribution in [0.3, 0.4) is 0 Å². The molecule has 0 N–H and O–H groups in total. The Kier molecular flexibility index (Phi) is 6.70. The van der Waals surface area contributed by atoms with Gasteiger partial charge in [-0.25, -0.2) is 0 Å². The lowest BCUT2D eigenvalue weighted by Gasteiger charge is -2.34. The van der Waals surface area contributed by atoms with Gasteiger partial charge in [0.2, 0.25) is 5.91 Å². The lowest BCUT2D eigenvalue weighted by atomic mass is 9.78. The molecule has 2 aromatic heterocycles. The zero-order valence-corrected chi connectivity index (χ0v) is 19.5. The van der Waals surface area contributed by atoms with Gasteiger partial charge in [-0.15, -0.1) is 11.3 Å². The molecule has 2 amide bonds. The summed E-state index contributed by atoms with van der Waals surface area (Å²) in [5.74, 6) is 0.113. The Bertz CT molecular complexity index is 1060. The Morgan fingerprint density at radius 2 is 1.81 bits per heavy atom. The normalized spacial score (nSPS) is 18.0. The summed E-state index contributed by atoms with van der Waals surface area (Å²) < 4.78 is 0. The highest BCUT2D eigenvalue weighted by Crippen LogP contribution is 2.40. The number of carbonyl (C=O) groups excluding carboxylic acids is 2. The van der Waals surface area contributed by atoms with Gasteiger partial charge in [0.1, 0.15) is 0 Å². The van der Waals surface area contributed by atoms with Crippen LogP contribution in [0.25, 0.3) is 10.4 Å². The Morgan fingerprint density at radius 1 is 1.06 bits per heavy atom. The summed E-state index contributed by atoms with van der Waals surface area (Å²) in [6, 6.07) is 16.0. The molecule has 4 rings (SSSR count). The number of likely N-dealkylation sites (tertiary alicyclic amines) is 1. The van der Waals surface area contributed by atoms with Gasteiger partial charge in [0.15, 0.2) is 0 Å². The molecular weight excluding hydrogens is 418 g/mol. The number of hydrogen-bond acceptors (Lipinski definition) is 4. The second kappa shape index (κ2) is 9.65. The quantitative estimate of drug-likeness (QED) is 0.525. The lowest BCUT2D eigenvalue weighted by molar-refractivity contribution is -0.141. The predicted molar refractivity (Wildman–Crippen MR) is 129 cm³/mol. The number of hydrogen-bond donors (Lipinski definition) is 0. The van der Waals surface area contributed by atoms with Crippen LogP contribution < -0.4 is 0 Å². The minimum absolute atomic E-state index is 0.0341. The number of aromatic nitrogens is 1. The standard InChI is InChI=1S/C26H29N3O2S/c1-3-28(4-2)25(31)26(13-16-29(19-26)24(30)20-11-14-27-15-12-20)18-21-8-5-6-9-22(21)23-10-7-17-32-23/h5-12,14-15,17H,3-4,13,16,18-19H2,1-2H3. The summed E-state index contributed by atoms with van der Waals surface area (Å²) in [7, 11) is 0. The van der Waals surface area contributed by atoms with E-state index in [2.05, 4.69) is 34.6 Å². The first kappa shape index (κ1) is 22.2. The maximum absolute atomic E-state index is 13.8. The molecule has 0 saturated carbocycles. The maximum Gasteiger partial charge on any atom is 0.253 e. The van der Waals surface area contributed by atoms with Crippen molar-refractivity contribution in [3.05, 3.63) is 77.4 Å². The predicted octanol–water partition coefficient (Wildman–Crippen LogP) is 4.75. The van der Waals surface area contributed by atoms with Gasteiger partial charge in [0.25, 0.3) is 5.91 Å². The van der Waals surface area contributed by atoms with Crippen LogP contribution in [0.5, 0.6) is 0 Å². The van der Waals surface area contributed by atoms with E-state index in [4.69, 9.17) is 0 Å². The molecule has 32 heavy (non-hydrogen) atoms. The third-order valence-electron chi connectivity index (χ3n) is 6.41. The number of pyridine rings is 1. The van der Waals surface area contributed by atoms with Crippen molar-refractivity contribution in [3.63, 3.8) is 0 Å². The number of rotatable bonds is 7. The minimum Gasteiger partial charge on any atom is -0.343 e. The second-order valence-corrected chi connectivity index (χ2v) is 9.23. The van der Waals surface area contributed by atoms with E-state index in [0.717, 1.165) is 5.56 Å². The van der Waals surface area contributed by atoms with Crippen LogP contribution in [0.2, 0.25) is 0 Å². The van der Waals surface area contributed by atoms with Crippen molar-refractivity contribution in [2.24, 2.45) is 5.41 Å². The fourth-order valence-electron chi connectivity index (χ4n) is 4.67. The largest absolute Gasteiger partial charge is 0.343 e. The second-order valence-electron chi connectivity index (χ2n) is 8.28. The topological polar surface area (TPSA) is 53.5 Å². The number of carbonyl (C=O) groups is 2. The van der Waals surface area contributed by atoms with Crippen molar-refractivity contribution < 1.29 is 9.59 Å². The first-order chi connectivity index (χ1) is 15.6. The van der Waals surface area contributed by atoms with Crippen molar-refractivity contribution in [2.75, 3.05) is 26.2 Å². The van der Waals surface area contributed by atoms with Crippen molar-refractivity contribution in [2.45, 2.75) is 26.7 Å². The molecule has 0 spiro atoms. The first-order valence-electron chi connectivity index (χ1n) is 11.2. The smallest absolute Gasteiger partial charge is 0.253 e. The third kappa shape index (κ3) is 4.32. The molecule has 1 aromatic carbocycles. The molecule has 3 aromatic rings. The highest BCUT2D eigenvalue weighted by molar-refractivity contribution is 7.13. The average molecular weight is 448 g/mol. The van der Waals surface area contributed by atoms with E-state index in [9.17, 15) is 9.59 Å². The lowest BCUT2D eigenvalue weighted by Crippen LogP contribution is -2.47. The zero-order valence-electron chi connectivity index (χ0n) is 18.7. The molecule has 3 heterocycles. The van der Waals surface area contributed by atoms with E-state index in [0.29, 0.717) is 44.6 Å². The van der Waals surface area contributed by atoms with Crippen LogP contribution >= 0.6 is 11.3 Å². The molecule has 1 saturated heterocycles. The Morgan fingerprint density at radius 3 is 2.50 bits per heavy atom. The van der Waals surface area contributed by atoms with Gasteiger partial charge in [0.05, 0.1) is 5.41 Å². The van der Waals surface area contributed by atoms with Crippen LogP contribution in [0.4, 0.5) is 0 Å². The Balaban J connectivity index is 1.68. The van der Waals surface area contributed by atoms with E-state index in [-0.39, 0.29) is 11.8 Å². The molecule has 0 bridgehead atoms. The average Bonchev–Trinajstić information content (AvgIpc) is 3.52. The van der Waals surface area contributed by atoms with E-state index in [1.165, 1.54) is 10.4 Å². The van der Waals surface area contributed by atoms with Gasteiger partial charge >= 0.3 is 0 Å². The Hall–Kier alpha value is -2.99. The highest BCUT2D eigenvalue weighted by atomic mass is 32.1. The molecule has 1 aliphatic heterocycles. The fourth-order valence-corrected chi connectivity index (χ4v) is 5.46. The van der Waals surface area contributed by atoms with E-state index < -0.39 is 5.41 Å². The van der Waals surface area contributed by atoms with Crippen LogP contribution in [-0.2, 0) is 11.2 Å². The van der Waals surface area contributed by atoms with Gasteiger partial charge in [0, 0.05) is 49.0 Å². The van der Waals surface area contributed by atoms with Gasteiger partial charge < -0.3 is 9.80 Å². The molecule has 1 unspecified atom stereocenters. The molecule has 1 fully saturated rings. The van der Waals surface area contributed by atoms with Crippen molar-refractivity contribution >= 4 is 23.2 Å². The van der Waals surface area contributed by atoms with Crippen molar-refractivity contribution in [1.29, 1.82) is 0 Å². The van der Waals surface area contributed by atoms with Crippen molar-refractivity contribution in [3.8, 4) is 10.4 Å². The summed E-state index contributed by atoms with van der Waals surface area (Å²) >= 11 is 1.71. The Labute approximate surface area is 193 Å². The van der Waals surface area contributed by atoms with E-state index in [1.807, 2.05) is 35.8 Å². The van der Waals surface area contributed by atoms with Gasteiger partial charge in [-0.1, -0.05) is 30.3 Å². The van der Waals surface area contributed by atoms with Gasteiger partial charge in [-0.2, -0.15) is 0 Å². The molecule has 6 heteroatoms. The van der Waals surface area contributed by atoms with Crippen LogP contribution in [0.15, 0.2) is 66.3 Å². The van der Waals surface area contributed by atoms with Gasteiger partial charge in [-0.05, 0) is 61.4 Å². The van der Waals surface area contributed by atoms with Crippen LogP contribution in [0.1, 0.15) is 36.2 Å². The van der Waals surface area contributed by atoms with Gasteiger partial charge in [-0.3, -0.25) is 14.6 Å². The van der Waals surface area contributed by atoms with Crippen molar-refractivity contribution in [1.82, 2.24) is 14.8 Å². The third-order valence-corrected chi connectivity index (χ3v) is 7.31. The van der Waals surface area contributed by atoms with E-state index >= 15 is 0 Å². The monoisotopic (exact) mass is 447 g/mol. The zero-order chi connectivity index (χ0) is 22.6. The minimum atomic E-state index is -0.623. The molecule has 1 aliphatic rings. The fraction of sp³-hybridized carbons (Fsp3) is 0.346. The molecular formula is C26H29N3O2S. The summed E-state index contributed by atoms with van der Waals surface area (Å²) in [6.45, 7) is 6.38. The number of amides is 2. The summed E-state index contributed by atoms with van der Waals surface area (Å²) in [6.07, 6.45) is 4.55. The summed E-state index contributed by atoms with van der Waals surface area (Å²) in [4.78, 5) is 35.9. The molecule has 5 nitrogen and oxygen atoms in total. The summed E-state index contributed by atoms with van der Waals surface area (Å²) in [5.41, 5.74) is 2.33. The first-order valence-corrected chi connectivity index (χ1v) is 12.1. The number of thiophene rings is 1. The number of benzene rings is 1. The van der Waals surface area contributed by atoms with Crippen LogP contribution in [-0.4, -0.2) is 52.8 Å². The highest BCUT2D eigenvalue weighted by Gasteiger charge is 2.47. The summed E-state index contributed by atoms with van der Waals surface area (Å²) in [5, 5.41) is 2.08. The molecule has 0 aliphatic carbocycles. The molecule has 1 atom stereocenters. The van der Waals surface area contributed by atoms with E-state index in [1.54, 1.807) is 35.9 Å². The molecule has 166 valence electrons. The maximum atomic E-state index is 13.8. The number of nitrogens with zero attached hydrogens (tertiary/aromatic N) is 3. The van der Waals surface area contributed by atoms with Crippen LogP contribution in [0, 0.1) is 5.41 Å².